The monoisotopic (exact) mass is 468 g/mol. The summed E-state index contributed by atoms with van der Waals surface area (Å²) in [5.74, 6) is 0.131. The van der Waals surface area contributed by atoms with E-state index in [1.165, 1.54) is 26.9 Å². The van der Waals surface area contributed by atoms with Crippen LogP contribution in [0.25, 0.3) is 5.13 Å². The average molecular weight is 469 g/mol. The molecule has 166 valence electrons. The number of aromatic nitrogens is 5. The maximum absolute atomic E-state index is 12.8. The summed E-state index contributed by atoms with van der Waals surface area (Å²) in [5, 5.41) is 10.5. The Morgan fingerprint density at radius 2 is 1.91 bits per heavy atom. The molecule has 1 amide bonds. The lowest BCUT2D eigenvalue weighted by atomic mass is 10.1. The summed E-state index contributed by atoms with van der Waals surface area (Å²) in [6, 6.07) is 7.95. The lowest BCUT2D eigenvalue weighted by Gasteiger charge is -2.02. The molecule has 0 spiro atoms. The molecule has 3 aromatic heterocycles. The van der Waals surface area contributed by atoms with Gasteiger partial charge in [-0.3, -0.25) is 4.79 Å². The van der Waals surface area contributed by atoms with E-state index in [-0.39, 0.29) is 11.6 Å². The van der Waals surface area contributed by atoms with Crippen LogP contribution in [-0.4, -0.2) is 30.2 Å². The van der Waals surface area contributed by atoms with Gasteiger partial charge in [-0.05, 0) is 19.4 Å². The number of benzene rings is 1. The Morgan fingerprint density at radius 1 is 1.16 bits per heavy atom. The van der Waals surface area contributed by atoms with Crippen molar-refractivity contribution in [2.45, 2.75) is 46.7 Å². The van der Waals surface area contributed by atoms with E-state index in [0.717, 1.165) is 21.8 Å². The van der Waals surface area contributed by atoms with Crippen LogP contribution in [0.2, 0.25) is 0 Å². The number of nitrogens with one attached hydrogen (secondary N) is 1. The van der Waals surface area contributed by atoms with Crippen LogP contribution < -0.4 is 11.0 Å². The van der Waals surface area contributed by atoms with Gasteiger partial charge < -0.3 is 5.32 Å². The van der Waals surface area contributed by atoms with E-state index >= 15 is 0 Å². The van der Waals surface area contributed by atoms with Gasteiger partial charge >= 0.3 is 5.69 Å². The molecule has 32 heavy (non-hydrogen) atoms. The van der Waals surface area contributed by atoms with Gasteiger partial charge in [0.15, 0.2) is 5.13 Å². The van der Waals surface area contributed by atoms with Crippen LogP contribution in [0.4, 0.5) is 0 Å². The number of hydrogen-bond acceptors (Lipinski definition) is 7. The van der Waals surface area contributed by atoms with Gasteiger partial charge in [0.05, 0.1) is 29.5 Å². The zero-order valence-corrected chi connectivity index (χ0v) is 20.0. The van der Waals surface area contributed by atoms with Crippen LogP contribution in [0.15, 0.2) is 40.8 Å². The van der Waals surface area contributed by atoms with Gasteiger partial charge in [-0.1, -0.05) is 55.0 Å². The fourth-order valence-corrected chi connectivity index (χ4v) is 4.84. The largest absolute Gasteiger partial charge is 0.352 e. The van der Waals surface area contributed by atoms with E-state index in [2.05, 4.69) is 34.2 Å². The van der Waals surface area contributed by atoms with Gasteiger partial charge in [-0.15, -0.1) is 11.3 Å². The van der Waals surface area contributed by atoms with Gasteiger partial charge in [-0.25, -0.2) is 24.0 Å². The summed E-state index contributed by atoms with van der Waals surface area (Å²) < 4.78 is 2.76. The normalized spacial score (nSPS) is 11.3. The van der Waals surface area contributed by atoms with Crippen LogP contribution in [0, 0.1) is 13.8 Å². The molecule has 3 heterocycles. The van der Waals surface area contributed by atoms with Crippen molar-refractivity contribution in [1.29, 1.82) is 0 Å². The number of carbonyl (C=O) groups excluding carboxylic acids is 1. The molecular formula is C22H24N6O2S2. The molecule has 0 radical (unpaired) electrons. The van der Waals surface area contributed by atoms with Gasteiger partial charge in [-0.2, -0.15) is 5.10 Å². The molecule has 1 N–H and O–H groups in total. The number of thiazole rings is 2. The lowest BCUT2D eigenvalue weighted by Crippen LogP contribution is -2.24. The first kappa shape index (κ1) is 22.1. The molecule has 4 aromatic rings. The predicted octanol–water partition coefficient (Wildman–Crippen LogP) is 3.67. The summed E-state index contributed by atoms with van der Waals surface area (Å²) in [4.78, 5) is 35.0. The fourth-order valence-electron chi connectivity index (χ4n) is 3.06. The predicted molar refractivity (Wildman–Crippen MR) is 126 cm³/mol. The minimum Gasteiger partial charge on any atom is -0.346 e. The maximum Gasteiger partial charge on any atom is 0.352 e. The second kappa shape index (κ2) is 9.17. The Hall–Kier alpha value is -3.11. The highest BCUT2D eigenvalue weighted by molar-refractivity contribution is 7.16. The number of hydrogen-bond donors (Lipinski definition) is 1. The van der Waals surface area contributed by atoms with Crippen LogP contribution >= 0.6 is 22.7 Å². The van der Waals surface area contributed by atoms with Gasteiger partial charge in [0, 0.05) is 11.3 Å². The smallest absolute Gasteiger partial charge is 0.346 e. The first-order valence-corrected chi connectivity index (χ1v) is 11.9. The molecule has 0 aliphatic carbocycles. The van der Waals surface area contributed by atoms with Gasteiger partial charge in [0.1, 0.15) is 11.2 Å². The summed E-state index contributed by atoms with van der Waals surface area (Å²) >= 11 is 2.77. The van der Waals surface area contributed by atoms with Gasteiger partial charge in [0.2, 0.25) is 0 Å². The van der Waals surface area contributed by atoms with E-state index in [1.54, 1.807) is 18.3 Å². The minimum absolute atomic E-state index is 0.231. The number of carbonyl (C=O) groups is 1. The molecule has 10 heteroatoms. The highest BCUT2D eigenvalue weighted by Gasteiger charge is 2.19. The third-order valence-electron chi connectivity index (χ3n) is 4.88. The second-order valence-electron chi connectivity index (χ2n) is 7.85. The third-order valence-corrected chi connectivity index (χ3v) is 7.23. The Labute approximate surface area is 193 Å². The number of amides is 1. The maximum atomic E-state index is 12.8. The topological polar surface area (TPSA) is 94.7 Å². The van der Waals surface area contributed by atoms with Crippen LogP contribution in [-0.2, 0) is 13.1 Å². The van der Waals surface area contributed by atoms with E-state index in [0.29, 0.717) is 34.7 Å². The Morgan fingerprint density at radius 3 is 2.59 bits per heavy atom. The van der Waals surface area contributed by atoms with Crippen molar-refractivity contribution in [2.75, 3.05) is 0 Å². The number of aryl methyl sites for hydroxylation is 2. The molecule has 8 nitrogen and oxygen atoms in total. The standard InChI is InChI=1S/C22H24N6O2S2/c1-13(2)20-26-17(11-31-20)9-23-19(29)18-15(4)25-21(32-18)27-12-24-28(22(27)30)10-16-7-5-14(3)6-8-16/h5-8,11-13H,9-10H2,1-4H3,(H,23,29). The average Bonchev–Trinajstić information content (AvgIpc) is 3.47. The molecule has 0 atom stereocenters. The van der Waals surface area contributed by atoms with Gasteiger partial charge in [0.25, 0.3) is 5.91 Å². The van der Waals surface area contributed by atoms with Crippen molar-refractivity contribution in [3.63, 3.8) is 0 Å². The molecule has 0 saturated heterocycles. The Bertz CT molecular complexity index is 1300. The highest BCUT2D eigenvalue weighted by Crippen LogP contribution is 2.22. The summed E-state index contributed by atoms with van der Waals surface area (Å²) in [6.45, 7) is 8.68. The lowest BCUT2D eigenvalue weighted by molar-refractivity contribution is 0.0953. The van der Waals surface area contributed by atoms with Crippen molar-refractivity contribution in [3.8, 4) is 5.13 Å². The molecule has 1 aromatic carbocycles. The molecular weight excluding hydrogens is 444 g/mol. The molecule has 0 fully saturated rings. The molecule has 0 aliphatic heterocycles. The zero-order valence-electron chi connectivity index (χ0n) is 18.3. The van der Waals surface area contributed by atoms with Crippen molar-refractivity contribution >= 4 is 28.6 Å². The fraction of sp³-hybridized carbons (Fsp3) is 0.318. The molecule has 4 rings (SSSR count). The van der Waals surface area contributed by atoms with Crippen molar-refractivity contribution in [3.05, 3.63) is 78.9 Å². The van der Waals surface area contributed by atoms with Crippen molar-refractivity contribution in [2.24, 2.45) is 0 Å². The second-order valence-corrected chi connectivity index (χ2v) is 9.72. The molecule has 0 saturated carbocycles. The van der Waals surface area contributed by atoms with E-state index in [1.807, 2.05) is 36.6 Å². The number of rotatable bonds is 7. The van der Waals surface area contributed by atoms with Crippen molar-refractivity contribution < 1.29 is 4.79 Å². The number of nitrogens with zero attached hydrogens (tertiary/aromatic N) is 5. The Balaban J connectivity index is 1.48. The SMILES string of the molecule is Cc1ccc(Cn2ncn(-c3nc(C)c(C(=O)NCc4csc(C(C)C)n4)s3)c2=O)cc1. The van der Waals surface area contributed by atoms with E-state index < -0.39 is 0 Å². The quantitative estimate of drug-likeness (QED) is 0.447. The third kappa shape index (κ3) is 4.71. The zero-order chi connectivity index (χ0) is 22.8. The summed E-state index contributed by atoms with van der Waals surface area (Å²) in [6.07, 6.45) is 1.44. The summed E-state index contributed by atoms with van der Waals surface area (Å²) in [7, 11) is 0. The highest BCUT2D eigenvalue weighted by atomic mass is 32.1. The molecule has 0 unspecified atom stereocenters. The first-order valence-electron chi connectivity index (χ1n) is 10.2. The van der Waals surface area contributed by atoms with E-state index in [4.69, 9.17) is 0 Å². The van der Waals surface area contributed by atoms with Crippen LogP contribution in [0.5, 0.6) is 0 Å². The van der Waals surface area contributed by atoms with E-state index in [9.17, 15) is 9.59 Å². The van der Waals surface area contributed by atoms with Crippen LogP contribution in [0.3, 0.4) is 0 Å². The minimum atomic E-state index is -0.296. The molecule has 0 bridgehead atoms. The summed E-state index contributed by atoms with van der Waals surface area (Å²) in [5.41, 5.74) is 3.26. The van der Waals surface area contributed by atoms with Crippen LogP contribution in [0.1, 0.15) is 57.0 Å². The molecule has 0 aliphatic rings. The first-order chi connectivity index (χ1) is 15.3. The Kier molecular flexibility index (Phi) is 6.33. The van der Waals surface area contributed by atoms with Crippen molar-refractivity contribution in [1.82, 2.24) is 29.6 Å².